The van der Waals surface area contributed by atoms with Crippen molar-refractivity contribution in [3.63, 3.8) is 0 Å². The molecular weight excluding hydrogens is 214 g/mol. The maximum atomic E-state index is 11.5. The van der Waals surface area contributed by atoms with Crippen LogP contribution in [-0.2, 0) is 0 Å². The van der Waals surface area contributed by atoms with Crippen molar-refractivity contribution >= 4 is 0 Å². The second kappa shape index (κ2) is 4.22. The van der Waals surface area contributed by atoms with Crippen molar-refractivity contribution in [1.82, 2.24) is 15.3 Å². The Morgan fingerprint density at radius 2 is 1.94 bits per heavy atom. The number of aromatic nitrogens is 2. The molecule has 0 bridgehead atoms. The van der Waals surface area contributed by atoms with Crippen LogP contribution < -0.4 is 11.0 Å². The van der Waals surface area contributed by atoms with Gasteiger partial charge < -0.3 is 15.3 Å². The molecule has 3 N–H and O–H groups in total. The fourth-order valence-electron chi connectivity index (χ4n) is 2.44. The molecule has 0 radical (unpaired) electrons. The van der Waals surface area contributed by atoms with Crippen LogP contribution in [0, 0.1) is 0 Å². The van der Waals surface area contributed by atoms with Crippen molar-refractivity contribution < 1.29 is 0 Å². The molecule has 1 aromatic carbocycles. The van der Waals surface area contributed by atoms with Crippen molar-refractivity contribution in [3.8, 4) is 11.3 Å². The quantitative estimate of drug-likeness (QED) is 0.730. The molecule has 1 saturated heterocycles. The molecule has 88 valence electrons. The summed E-state index contributed by atoms with van der Waals surface area (Å²) in [6.07, 6.45) is 1.08. The second-order valence-electron chi connectivity index (χ2n) is 4.42. The number of benzene rings is 1. The Balaban J connectivity index is 2.07. The lowest BCUT2D eigenvalue weighted by Gasteiger charge is -2.08. The minimum absolute atomic E-state index is 0.120. The molecule has 2 heterocycles. The first kappa shape index (κ1) is 10.4. The molecule has 1 aromatic heterocycles. The zero-order valence-corrected chi connectivity index (χ0v) is 9.49. The molecular formula is C13H15N3O. The molecule has 0 saturated carbocycles. The maximum Gasteiger partial charge on any atom is 0.323 e. The van der Waals surface area contributed by atoms with Crippen LogP contribution in [0.25, 0.3) is 11.3 Å². The third-order valence-electron chi connectivity index (χ3n) is 3.29. The van der Waals surface area contributed by atoms with E-state index in [0.717, 1.165) is 36.5 Å². The van der Waals surface area contributed by atoms with Gasteiger partial charge in [0.2, 0.25) is 0 Å². The van der Waals surface area contributed by atoms with Crippen LogP contribution in [0.15, 0.2) is 35.1 Å². The van der Waals surface area contributed by atoms with Crippen LogP contribution in [0.3, 0.4) is 0 Å². The summed E-state index contributed by atoms with van der Waals surface area (Å²) in [7, 11) is 0. The molecule has 4 heteroatoms. The molecule has 17 heavy (non-hydrogen) atoms. The van der Waals surface area contributed by atoms with Gasteiger partial charge in [-0.3, -0.25) is 0 Å². The standard InChI is InChI=1S/C13H15N3O/c17-13-15-11(9-4-2-1-3-5-9)12(16-13)10-6-7-14-8-10/h1-5,10,14H,6-8H2,(H2,15,16,17). The lowest BCUT2D eigenvalue weighted by molar-refractivity contribution is 0.740. The molecule has 1 aliphatic rings. The largest absolute Gasteiger partial charge is 0.323 e. The van der Waals surface area contributed by atoms with Gasteiger partial charge in [0.1, 0.15) is 0 Å². The van der Waals surface area contributed by atoms with Gasteiger partial charge >= 0.3 is 5.69 Å². The molecule has 0 amide bonds. The number of nitrogens with one attached hydrogen (secondary N) is 3. The second-order valence-corrected chi connectivity index (χ2v) is 4.42. The highest BCUT2D eigenvalue weighted by Crippen LogP contribution is 2.28. The van der Waals surface area contributed by atoms with E-state index in [-0.39, 0.29) is 5.69 Å². The molecule has 3 rings (SSSR count). The van der Waals surface area contributed by atoms with Crippen molar-refractivity contribution in [2.75, 3.05) is 13.1 Å². The first-order chi connectivity index (χ1) is 8.34. The van der Waals surface area contributed by atoms with Gasteiger partial charge in [0.05, 0.1) is 5.69 Å². The van der Waals surface area contributed by atoms with E-state index in [9.17, 15) is 4.79 Å². The smallest absolute Gasteiger partial charge is 0.316 e. The van der Waals surface area contributed by atoms with Gasteiger partial charge in [-0.05, 0) is 18.5 Å². The lowest BCUT2D eigenvalue weighted by atomic mass is 9.99. The van der Waals surface area contributed by atoms with Crippen molar-refractivity contribution in [1.29, 1.82) is 0 Å². The molecule has 4 nitrogen and oxygen atoms in total. The Kier molecular flexibility index (Phi) is 2.57. The summed E-state index contributed by atoms with van der Waals surface area (Å²) in [6, 6.07) is 9.98. The Morgan fingerprint density at radius 1 is 1.12 bits per heavy atom. The van der Waals surface area contributed by atoms with Gasteiger partial charge in [-0.2, -0.15) is 0 Å². The average molecular weight is 229 g/mol. The summed E-state index contributed by atoms with van der Waals surface area (Å²) < 4.78 is 0. The summed E-state index contributed by atoms with van der Waals surface area (Å²) in [4.78, 5) is 17.3. The highest BCUT2D eigenvalue weighted by molar-refractivity contribution is 5.62. The van der Waals surface area contributed by atoms with Crippen LogP contribution in [-0.4, -0.2) is 23.1 Å². The number of imidazole rings is 1. The summed E-state index contributed by atoms with van der Waals surface area (Å²) >= 11 is 0. The fourth-order valence-corrected chi connectivity index (χ4v) is 2.44. The highest BCUT2D eigenvalue weighted by Gasteiger charge is 2.22. The van der Waals surface area contributed by atoms with Gasteiger partial charge in [0, 0.05) is 18.2 Å². The van der Waals surface area contributed by atoms with Gasteiger partial charge in [-0.25, -0.2) is 4.79 Å². The first-order valence-electron chi connectivity index (χ1n) is 5.93. The van der Waals surface area contributed by atoms with Crippen LogP contribution in [0.2, 0.25) is 0 Å². The van der Waals surface area contributed by atoms with E-state index >= 15 is 0 Å². The average Bonchev–Trinajstić information content (AvgIpc) is 2.98. The lowest BCUT2D eigenvalue weighted by Crippen LogP contribution is -2.09. The van der Waals surface area contributed by atoms with E-state index in [4.69, 9.17) is 0 Å². The van der Waals surface area contributed by atoms with Crippen molar-refractivity contribution in [2.45, 2.75) is 12.3 Å². The van der Waals surface area contributed by atoms with E-state index in [1.54, 1.807) is 0 Å². The topological polar surface area (TPSA) is 60.7 Å². The normalized spacial score (nSPS) is 19.6. The van der Waals surface area contributed by atoms with E-state index in [0.29, 0.717) is 5.92 Å². The predicted octanol–water partition coefficient (Wildman–Crippen LogP) is 1.45. The van der Waals surface area contributed by atoms with Crippen molar-refractivity contribution in [2.24, 2.45) is 0 Å². The van der Waals surface area contributed by atoms with E-state index in [1.165, 1.54) is 0 Å². The van der Waals surface area contributed by atoms with Crippen molar-refractivity contribution in [3.05, 3.63) is 46.5 Å². The zero-order valence-electron chi connectivity index (χ0n) is 9.49. The third-order valence-corrected chi connectivity index (χ3v) is 3.29. The van der Waals surface area contributed by atoms with Gasteiger partial charge in [0.15, 0.2) is 0 Å². The molecule has 1 fully saturated rings. The predicted molar refractivity (Wildman–Crippen MR) is 67.1 cm³/mol. The molecule has 0 aliphatic carbocycles. The van der Waals surface area contributed by atoms with Crippen LogP contribution in [0.4, 0.5) is 0 Å². The van der Waals surface area contributed by atoms with E-state index in [2.05, 4.69) is 15.3 Å². The third kappa shape index (κ3) is 1.91. The van der Waals surface area contributed by atoms with Gasteiger partial charge in [0.25, 0.3) is 0 Å². The Hall–Kier alpha value is -1.81. The highest BCUT2D eigenvalue weighted by atomic mass is 16.1. The first-order valence-corrected chi connectivity index (χ1v) is 5.93. The Morgan fingerprint density at radius 3 is 2.65 bits per heavy atom. The van der Waals surface area contributed by atoms with E-state index < -0.39 is 0 Å². The monoisotopic (exact) mass is 229 g/mol. The number of hydrogen-bond donors (Lipinski definition) is 3. The SMILES string of the molecule is O=c1[nH]c(-c2ccccc2)c(C2CCNC2)[nH]1. The minimum Gasteiger partial charge on any atom is -0.316 e. The van der Waals surface area contributed by atoms with Gasteiger partial charge in [-0.15, -0.1) is 0 Å². The zero-order chi connectivity index (χ0) is 11.7. The van der Waals surface area contributed by atoms with Crippen LogP contribution in [0.1, 0.15) is 18.0 Å². The Bertz CT molecular complexity index is 550. The molecule has 1 atom stereocenters. The number of aromatic amines is 2. The summed E-state index contributed by atoms with van der Waals surface area (Å²) in [6.45, 7) is 1.96. The number of hydrogen-bond acceptors (Lipinski definition) is 2. The van der Waals surface area contributed by atoms with E-state index in [1.807, 2.05) is 30.3 Å². The maximum absolute atomic E-state index is 11.5. The molecule has 2 aromatic rings. The fraction of sp³-hybridized carbons (Fsp3) is 0.308. The number of rotatable bonds is 2. The van der Waals surface area contributed by atoms with Crippen LogP contribution in [0.5, 0.6) is 0 Å². The summed E-state index contributed by atoms with van der Waals surface area (Å²) in [5, 5.41) is 3.32. The molecule has 1 aliphatic heterocycles. The summed E-state index contributed by atoms with van der Waals surface area (Å²) in [5.41, 5.74) is 2.91. The molecule has 1 unspecified atom stereocenters. The molecule has 0 spiro atoms. The van der Waals surface area contributed by atoms with Crippen LogP contribution >= 0.6 is 0 Å². The van der Waals surface area contributed by atoms with Gasteiger partial charge in [-0.1, -0.05) is 30.3 Å². The number of H-pyrrole nitrogens is 2. The summed E-state index contributed by atoms with van der Waals surface area (Å²) in [5.74, 6) is 0.407. The Labute approximate surface area is 99.1 Å². The minimum atomic E-state index is -0.120.